The molecule has 0 saturated carbocycles. The Labute approximate surface area is 76.7 Å². The van der Waals surface area contributed by atoms with E-state index >= 15 is 0 Å². The van der Waals surface area contributed by atoms with Gasteiger partial charge in [-0.15, -0.1) is 0 Å². The fourth-order valence-electron chi connectivity index (χ4n) is 0.748. The van der Waals surface area contributed by atoms with Crippen molar-refractivity contribution >= 4 is 11.6 Å². The molecule has 1 N–H and O–H groups in total. The molecule has 0 aliphatic carbocycles. The number of aliphatic hydroxyl groups is 1. The van der Waals surface area contributed by atoms with Gasteiger partial charge in [0.05, 0.1) is 6.10 Å². The van der Waals surface area contributed by atoms with E-state index in [4.69, 9.17) is 21.4 Å². The van der Waals surface area contributed by atoms with E-state index in [2.05, 4.69) is 0 Å². The molecule has 0 radical (unpaired) electrons. The number of aliphatic hydroxyl groups excluding tert-OH is 1. The minimum atomic E-state index is -0.444. The van der Waals surface area contributed by atoms with E-state index in [0.717, 1.165) is 5.75 Å². The maximum atomic E-state index is 8.92. The van der Waals surface area contributed by atoms with Crippen LogP contribution in [0.4, 0.5) is 0 Å². The summed E-state index contributed by atoms with van der Waals surface area (Å²) in [5.41, 5.74) is 0. The highest BCUT2D eigenvalue weighted by Crippen LogP contribution is 2.15. The summed E-state index contributed by atoms with van der Waals surface area (Å²) in [5, 5.41) is 9.60. The predicted molar refractivity (Wildman–Crippen MR) is 48.6 cm³/mol. The third kappa shape index (κ3) is 3.11. The maximum absolute atomic E-state index is 8.92. The fourth-order valence-corrected chi connectivity index (χ4v) is 0.874. The molecule has 1 aromatic rings. The average Bonchev–Trinajstić information content (AvgIpc) is 2.03. The van der Waals surface area contributed by atoms with E-state index in [1.165, 1.54) is 0 Å². The van der Waals surface area contributed by atoms with Crippen molar-refractivity contribution in [2.45, 2.75) is 13.0 Å². The molecule has 1 atom stereocenters. The van der Waals surface area contributed by atoms with Crippen LogP contribution in [0, 0.1) is 0 Å². The van der Waals surface area contributed by atoms with Crippen LogP contribution in [0.25, 0.3) is 0 Å². The second kappa shape index (κ2) is 4.33. The van der Waals surface area contributed by atoms with E-state index in [0.29, 0.717) is 11.6 Å². The minimum absolute atomic E-state index is 0.307. The lowest BCUT2D eigenvalue weighted by atomic mass is 10.3. The largest absolute Gasteiger partial charge is 0.491 e. The third-order valence-corrected chi connectivity index (χ3v) is 1.56. The normalized spacial score (nSPS) is 12.6. The Hall–Kier alpha value is -0.730. The highest BCUT2D eigenvalue weighted by Gasteiger charge is 1.97. The van der Waals surface area contributed by atoms with Crippen LogP contribution in [-0.2, 0) is 0 Å². The molecule has 2 nitrogen and oxygen atoms in total. The molecule has 1 rings (SSSR count). The van der Waals surface area contributed by atoms with Gasteiger partial charge in [-0.1, -0.05) is 11.6 Å². The molecule has 0 heterocycles. The first-order valence-electron chi connectivity index (χ1n) is 3.75. The molecule has 1 aromatic carbocycles. The molecule has 66 valence electrons. The van der Waals surface area contributed by atoms with E-state index in [1.54, 1.807) is 31.2 Å². The van der Waals surface area contributed by atoms with E-state index < -0.39 is 6.10 Å². The lowest BCUT2D eigenvalue weighted by molar-refractivity contribution is 0.123. The van der Waals surface area contributed by atoms with Crippen molar-refractivity contribution in [1.29, 1.82) is 0 Å². The van der Waals surface area contributed by atoms with Crippen molar-refractivity contribution in [3.8, 4) is 5.75 Å². The summed E-state index contributed by atoms with van der Waals surface area (Å²) in [6.45, 7) is 1.98. The molecule has 0 bridgehead atoms. The monoisotopic (exact) mass is 186 g/mol. The Balaban J connectivity index is 2.48. The lowest BCUT2D eigenvalue weighted by Gasteiger charge is -2.07. The molecular weight excluding hydrogens is 176 g/mol. The van der Waals surface area contributed by atoms with Crippen molar-refractivity contribution in [2.75, 3.05) is 6.61 Å². The SMILES string of the molecule is CC(O)COc1ccc(Cl)cc1. The molecule has 0 aromatic heterocycles. The zero-order chi connectivity index (χ0) is 8.97. The van der Waals surface area contributed by atoms with Gasteiger partial charge >= 0.3 is 0 Å². The number of benzene rings is 1. The second-order valence-corrected chi connectivity index (χ2v) is 3.05. The number of hydrogen-bond acceptors (Lipinski definition) is 2. The molecule has 3 heteroatoms. The molecule has 0 aliphatic rings. The summed E-state index contributed by atoms with van der Waals surface area (Å²) in [7, 11) is 0. The van der Waals surface area contributed by atoms with E-state index in [1.807, 2.05) is 0 Å². The number of halogens is 1. The predicted octanol–water partition coefficient (Wildman–Crippen LogP) is 2.10. The lowest BCUT2D eigenvalue weighted by Crippen LogP contribution is -2.12. The highest BCUT2D eigenvalue weighted by molar-refractivity contribution is 6.30. The molecule has 0 aliphatic heterocycles. The Morgan fingerprint density at radius 3 is 2.50 bits per heavy atom. The molecule has 0 saturated heterocycles. The van der Waals surface area contributed by atoms with Crippen molar-refractivity contribution in [3.05, 3.63) is 29.3 Å². The zero-order valence-corrected chi connectivity index (χ0v) is 7.58. The number of hydrogen-bond donors (Lipinski definition) is 1. The smallest absolute Gasteiger partial charge is 0.119 e. The van der Waals surface area contributed by atoms with Gasteiger partial charge in [0, 0.05) is 5.02 Å². The minimum Gasteiger partial charge on any atom is -0.491 e. The van der Waals surface area contributed by atoms with Gasteiger partial charge in [0.25, 0.3) is 0 Å². The topological polar surface area (TPSA) is 29.5 Å². The van der Waals surface area contributed by atoms with Crippen LogP contribution in [0.15, 0.2) is 24.3 Å². The summed E-state index contributed by atoms with van der Waals surface area (Å²) in [4.78, 5) is 0. The van der Waals surface area contributed by atoms with Gasteiger partial charge in [-0.2, -0.15) is 0 Å². The van der Waals surface area contributed by atoms with Crippen LogP contribution in [0.2, 0.25) is 5.02 Å². The number of rotatable bonds is 3. The Morgan fingerprint density at radius 2 is 2.00 bits per heavy atom. The van der Waals surface area contributed by atoms with Crippen molar-refractivity contribution in [1.82, 2.24) is 0 Å². The van der Waals surface area contributed by atoms with Gasteiger partial charge in [0.15, 0.2) is 0 Å². The first kappa shape index (κ1) is 9.36. The van der Waals surface area contributed by atoms with Crippen LogP contribution >= 0.6 is 11.6 Å². The first-order chi connectivity index (χ1) is 5.68. The van der Waals surface area contributed by atoms with Crippen molar-refractivity contribution in [2.24, 2.45) is 0 Å². The number of ether oxygens (including phenoxy) is 1. The highest BCUT2D eigenvalue weighted by atomic mass is 35.5. The van der Waals surface area contributed by atoms with Gasteiger partial charge in [-0.25, -0.2) is 0 Å². The summed E-state index contributed by atoms with van der Waals surface area (Å²) < 4.78 is 5.21. The van der Waals surface area contributed by atoms with Crippen molar-refractivity contribution in [3.63, 3.8) is 0 Å². The van der Waals surface area contributed by atoms with E-state index in [9.17, 15) is 0 Å². The van der Waals surface area contributed by atoms with Gasteiger partial charge in [0.2, 0.25) is 0 Å². The first-order valence-corrected chi connectivity index (χ1v) is 4.12. The molecule has 0 fully saturated rings. The maximum Gasteiger partial charge on any atom is 0.119 e. The van der Waals surface area contributed by atoms with Crippen LogP contribution in [0.1, 0.15) is 6.92 Å². The van der Waals surface area contributed by atoms with Crippen LogP contribution in [0.5, 0.6) is 5.75 Å². The van der Waals surface area contributed by atoms with Gasteiger partial charge < -0.3 is 9.84 Å². The standard InChI is InChI=1S/C9H11ClO2/c1-7(11)6-12-9-4-2-8(10)3-5-9/h2-5,7,11H,6H2,1H3. The Morgan fingerprint density at radius 1 is 1.42 bits per heavy atom. The second-order valence-electron chi connectivity index (χ2n) is 2.61. The summed E-state index contributed by atoms with van der Waals surface area (Å²) in [5.74, 6) is 0.723. The average molecular weight is 187 g/mol. The Bertz CT molecular complexity index is 231. The fraction of sp³-hybridized carbons (Fsp3) is 0.333. The van der Waals surface area contributed by atoms with Crippen molar-refractivity contribution < 1.29 is 9.84 Å². The molecule has 12 heavy (non-hydrogen) atoms. The molecular formula is C9H11ClO2. The van der Waals surface area contributed by atoms with Gasteiger partial charge in [0.1, 0.15) is 12.4 Å². The summed E-state index contributed by atoms with van der Waals surface area (Å²) >= 11 is 5.67. The van der Waals surface area contributed by atoms with Gasteiger partial charge in [-0.3, -0.25) is 0 Å². The quantitative estimate of drug-likeness (QED) is 0.784. The summed E-state index contributed by atoms with van der Waals surface area (Å²) in [6, 6.07) is 7.04. The molecule has 0 amide bonds. The van der Waals surface area contributed by atoms with Crippen LogP contribution in [0.3, 0.4) is 0 Å². The third-order valence-electron chi connectivity index (χ3n) is 1.30. The zero-order valence-electron chi connectivity index (χ0n) is 6.83. The van der Waals surface area contributed by atoms with Crippen LogP contribution < -0.4 is 4.74 Å². The van der Waals surface area contributed by atoms with Crippen LogP contribution in [-0.4, -0.2) is 17.8 Å². The Kier molecular flexibility index (Phi) is 3.38. The van der Waals surface area contributed by atoms with E-state index in [-0.39, 0.29) is 0 Å². The molecule has 1 unspecified atom stereocenters. The summed E-state index contributed by atoms with van der Waals surface area (Å²) in [6.07, 6.45) is -0.444. The van der Waals surface area contributed by atoms with Gasteiger partial charge in [-0.05, 0) is 31.2 Å². The molecule has 0 spiro atoms.